The fourth-order valence-electron chi connectivity index (χ4n) is 2.05. The van der Waals surface area contributed by atoms with E-state index in [-0.39, 0.29) is 0 Å². The van der Waals surface area contributed by atoms with E-state index in [4.69, 9.17) is 4.74 Å². The molecule has 0 atom stereocenters. The van der Waals surface area contributed by atoms with Gasteiger partial charge in [-0.1, -0.05) is 44.3 Å². The highest BCUT2D eigenvalue weighted by Crippen LogP contribution is 2.19. The van der Waals surface area contributed by atoms with E-state index in [2.05, 4.69) is 19.1 Å². The van der Waals surface area contributed by atoms with E-state index >= 15 is 0 Å². The summed E-state index contributed by atoms with van der Waals surface area (Å²) in [6, 6.07) is 0. The Labute approximate surface area is 88.5 Å². The van der Waals surface area contributed by atoms with E-state index in [1.54, 1.807) is 0 Å². The molecule has 1 aliphatic rings. The predicted molar refractivity (Wildman–Crippen MR) is 61.5 cm³/mol. The van der Waals surface area contributed by atoms with Gasteiger partial charge in [0.15, 0.2) is 0 Å². The summed E-state index contributed by atoms with van der Waals surface area (Å²) in [5.74, 6) is 0. The van der Waals surface area contributed by atoms with Crippen LogP contribution in [0.2, 0.25) is 0 Å². The molecule has 0 aliphatic heterocycles. The quantitative estimate of drug-likeness (QED) is 0.486. The van der Waals surface area contributed by atoms with Crippen molar-refractivity contribution >= 4 is 0 Å². The highest BCUT2D eigenvalue weighted by atomic mass is 16.5. The van der Waals surface area contributed by atoms with Gasteiger partial charge in [0, 0.05) is 0 Å². The van der Waals surface area contributed by atoms with Crippen molar-refractivity contribution in [2.24, 2.45) is 0 Å². The van der Waals surface area contributed by atoms with Gasteiger partial charge in [-0.15, -0.1) is 0 Å². The van der Waals surface area contributed by atoms with E-state index in [0.29, 0.717) is 6.10 Å². The Hall–Kier alpha value is -0.300. The molecule has 1 saturated carbocycles. The zero-order valence-corrected chi connectivity index (χ0v) is 9.50. The summed E-state index contributed by atoms with van der Waals surface area (Å²) in [6.45, 7) is 2.98. The summed E-state index contributed by atoms with van der Waals surface area (Å²) in [5, 5.41) is 0. The van der Waals surface area contributed by atoms with Crippen LogP contribution in [0.3, 0.4) is 0 Å². The molecular weight excluding hydrogens is 172 g/mol. The molecule has 0 saturated heterocycles. The van der Waals surface area contributed by atoms with Crippen LogP contribution in [0.1, 0.15) is 58.3 Å². The molecule has 0 aromatic carbocycles. The van der Waals surface area contributed by atoms with Crippen LogP contribution in [-0.2, 0) is 4.74 Å². The summed E-state index contributed by atoms with van der Waals surface area (Å²) in [6.07, 6.45) is 15.5. The molecule has 1 fully saturated rings. The van der Waals surface area contributed by atoms with Gasteiger partial charge in [-0.05, 0) is 26.2 Å². The molecule has 0 heterocycles. The third-order valence-corrected chi connectivity index (χ3v) is 2.93. The molecule has 1 aliphatic carbocycles. The number of rotatable bonds is 4. The zero-order valence-electron chi connectivity index (χ0n) is 9.50. The average molecular weight is 196 g/mol. The Kier molecular flexibility index (Phi) is 6.77. The highest BCUT2D eigenvalue weighted by Gasteiger charge is 2.10. The lowest BCUT2D eigenvalue weighted by Gasteiger charge is -2.19. The first kappa shape index (κ1) is 11.8. The van der Waals surface area contributed by atoms with Gasteiger partial charge in [0.2, 0.25) is 0 Å². The second-order valence-corrected chi connectivity index (χ2v) is 4.20. The van der Waals surface area contributed by atoms with Gasteiger partial charge in [-0.2, -0.15) is 0 Å². The minimum Gasteiger partial charge on any atom is -0.378 e. The van der Waals surface area contributed by atoms with Crippen molar-refractivity contribution in [1.29, 1.82) is 0 Å². The van der Waals surface area contributed by atoms with Crippen LogP contribution < -0.4 is 0 Å². The van der Waals surface area contributed by atoms with E-state index in [1.807, 2.05) is 0 Å². The fraction of sp³-hybridized carbons (Fsp3) is 0.846. The highest BCUT2D eigenvalue weighted by molar-refractivity contribution is 4.76. The molecule has 82 valence electrons. The Morgan fingerprint density at radius 3 is 2.36 bits per heavy atom. The first-order valence-corrected chi connectivity index (χ1v) is 6.16. The van der Waals surface area contributed by atoms with Crippen LogP contribution in [0.5, 0.6) is 0 Å². The Balaban J connectivity index is 2.07. The summed E-state index contributed by atoms with van der Waals surface area (Å²) >= 11 is 0. The second kappa shape index (κ2) is 8.05. The molecule has 1 rings (SSSR count). The minimum absolute atomic E-state index is 0.556. The third-order valence-electron chi connectivity index (χ3n) is 2.93. The number of hydrogen-bond acceptors (Lipinski definition) is 1. The molecule has 0 radical (unpaired) electrons. The average Bonchev–Trinajstić information content (AvgIpc) is 2.15. The van der Waals surface area contributed by atoms with E-state index in [0.717, 1.165) is 13.0 Å². The second-order valence-electron chi connectivity index (χ2n) is 4.20. The SMILES string of the molecule is CC=CCCOC1CCCCCCC1. The third kappa shape index (κ3) is 5.43. The number of allylic oxidation sites excluding steroid dienone is 1. The van der Waals surface area contributed by atoms with Gasteiger partial charge in [0.05, 0.1) is 12.7 Å². The van der Waals surface area contributed by atoms with Crippen LogP contribution in [-0.4, -0.2) is 12.7 Å². The van der Waals surface area contributed by atoms with Gasteiger partial charge in [-0.3, -0.25) is 0 Å². The molecule has 0 aromatic rings. The standard InChI is InChI=1S/C13H24O/c1-2-3-9-12-14-13-10-7-5-4-6-8-11-13/h2-3,13H,4-12H2,1H3. The van der Waals surface area contributed by atoms with Crippen molar-refractivity contribution in [3.8, 4) is 0 Å². The van der Waals surface area contributed by atoms with Crippen molar-refractivity contribution in [2.45, 2.75) is 64.4 Å². The first-order chi connectivity index (χ1) is 6.93. The normalized spacial score (nSPS) is 20.9. The first-order valence-electron chi connectivity index (χ1n) is 6.16. The van der Waals surface area contributed by atoms with E-state index in [9.17, 15) is 0 Å². The van der Waals surface area contributed by atoms with Gasteiger partial charge < -0.3 is 4.74 Å². The molecule has 0 unspecified atom stereocenters. The fourth-order valence-corrected chi connectivity index (χ4v) is 2.05. The molecule has 0 amide bonds. The summed E-state index contributed by atoms with van der Waals surface area (Å²) in [5.41, 5.74) is 0. The number of ether oxygens (including phenoxy) is 1. The van der Waals surface area contributed by atoms with Crippen molar-refractivity contribution in [2.75, 3.05) is 6.61 Å². The van der Waals surface area contributed by atoms with Crippen LogP contribution in [0, 0.1) is 0 Å². The molecular formula is C13H24O. The maximum Gasteiger partial charge on any atom is 0.0575 e. The maximum atomic E-state index is 5.87. The lowest BCUT2D eigenvalue weighted by Crippen LogP contribution is -2.15. The van der Waals surface area contributed by atoms with Gasteiger partial charge in [-0.25, -0.2) is 0 Å². The van der Waals surface area contributed by atoms with Gasteiger partial charge >= 0.3 is 0 Å². The lowest BCUT2D eigenvalue weighted by molar-refractivity contribution is 0.0384. The number of hydrogen-bond donors (Lipinski definition) is 0. The summed E-state index contributed by atoms with van der Waals surface area (Å²) < 4.78 is 5.87. The molecule has 0 aromatic heterocycles. The molecule has 1 nitrogen and oxygen atoms in total. The van der Waals surface area contributed by atoms with Crippen molar-refractivity contribution < 1.29 is 4.74 Å². The topological polar surface area (TPSA) is 9.23 Å². The van der Waals surface area contributed by atoms with E-state index in [1.165, 1.54) is 44.9 Å². The lowest BCUT2D eigenvalue weighted by atomic mass is 9.99. The van der Waals surface area contributed by atoms with Crippen molar-refractivity contribution in [1.82, 2.24) is 0 Å². The Bertz CT molecular complexity index is 143. The molecule has 0 N–H and O–H groups in total. The molecule has 0 spiro atoms. The maximum absolute atomic E-state index is 5.87. The van der Waals surface area contributed by atoms with Crippen LogP contribution >= 0.6 is 0 Å². The predicted octanol–water partition coefficient (Wildman–Crippen LogP) is 4.08. The summed E-state index contributed by atoms with van der Waals surface area (Å²) in [7, 11) is 0. The van der Waals surface area contributed by atoms with Crippen LogP contribution in [0.4, 0.5) is 0 Å². The Morgan fingerprint density at radius 1 is 1.07 bits per heavy atom. The van der Waals surface area contributed by atoms with Gasteiger partial charge in [0.25, 0.3) is 0 Å². The smallest absolute Gasteiger partial charge is 0.0575 e. The van der Waals surface area contributed by atoms with Gasteiger partial charge in [0.1, 0.15) is 0 Å². The van der Waals surface area contributed by atoms with Crippen molar-refractivity contribution in [3.05, 3.63) is 12.2 Å². The van der Waals surface area contributed by atoms with E-state index < -0.39 is 0 Å². The largest absolute Gasteiger partial charge is 0.378 e. The zero-order chi connectivity index (χ0) is 10.1. The summed E-state index contributed by atoms with van der Waals surface area (Å²) in [4.78, 5) is 0. The molecule has 14 heavy (non-hydrogen) atoms. The molecule has 1 heteroatoms. The Morgan fingerprint density at radius 2 is 1.71 bits per heavy atom. The van der Waals surface area contributed by atoms with Crippen molar-refractivity contribution in [3.63, 3.8) is 0 Å². The monoisotopic (exact) mass is 196 g/mol. The minimum atomic E-state index is 0.556. The molecule has 0 bridgehead atoms. The van der Waals surface area contributed by atoms with Crippen LogP contribution in [0.25, 0.3) is 0 Å². The van der Waals surface area contributed by atoms with Crippen LogP contribution in [0.15, 0.2) is 12.2 Å².